The van der Waals surface area contributed by atoms with E-state index < -0.39 is 44.3 Å². The lowest BCUT2D eigenvalue weighted by Crippen LogP contribution is -2.61. The SMILES string of the molecule is COC1OC(C(=O)O)[C@@H](OC)[C@H](O)[C@H]1OCCOP(=O)([O-])CC[N+](C)(C)C. The van der Waals surface area contributed by atoms with Gasteiger partial charge in [0.25, 0.3) is 0 Å². The number of quaternary nitrogens is 1. The van der Waals surface area contributed by atoms with Gasteiger partial charge in [0, 0.05) is 14.2 Å². The second-order valence-electron chi connectivity index (χ2n) is 7.21. The van der Waals surface area contributed by atoms with Crippen LogP contribution in [0.4, 0.5) is 0 Å². The molecule has 0 spiro atoms. The molecule has 0 radical (unpaired) electrons. The van der Waals surface area contributed by atoms with Crippen molar-refractivity contribution in [2.75, 3.05) is 61.3 Å². The largest absolute Gasteiger partial charge is 0.778 e. The van der Waals surface area contributed by atoms with Crippen LogP contribution < -0.4 is 4.89 Å². The Morgan fingerprint density at radius 1 is 1.19 bits per heavy atom. The predicted octanol–water partition coefficient (Wildman–Crippen LogP) is -1.52. The summed E-state index contributed by atoms with van der Waals surface area (Å²) in [5.74, 6) is -1.31. The van der Waals surface area contributed by atoms with Crippen LogP contribution in [-0.2, 0) is 32.8 Å². The topological polar surface area (TPSA) is 144 Å². The van der Waals surface area contributed by atoms with Crippen molar-refractivity contribution in [1.29, 1.82) is 0 Å². The van der Waals surface area contributed by atoms with E-state index in [0.29, 0.717) is 11.0 Å². The van der Waals surface area contributed by atoms with Crippen LogP contribution in [0.5, 0.6) is 0 Å². The molecule has 0 amide bonds. The summed E-state index contributed by atoms with van der Waals surface area (Å²) in [7, 11) is 4.11. The lowest BCUT2D eigenvalue weighted by Gasteiger charge is -2.41. The Kier molecular flexibility index (Phi) is 9.26. The minimum atomic E-state index is -4.01. The fourth-order valence-corrected chi connectivity index (χ4v) is 3.83. The number of methoxy groups -OCH3 is 2. The van der Waals surface area contributed by atoms with Gasteiger partial charge in [0.05, 0.1) is 47.1 Å². The Bertz CT molecular complexity index is 525. The van der Waals surface area contributed by atoms with Crippen LogP contribution >= 0.6 is 7.60 Å². The van der Waals surface area contributed by atoms with E-state index in [1.165, 1.54) is 14.2 Å². The van der Waals surface area contributed by atoms with Gasteiger partial charge in [-0.1, -0.05) is 0 Å². The number of nitrogens with zero attached hydrogens (tertiary/aromatic N) is 1. The molecule has 1 aliphatic heterocycles. The molecule has 0 aromatic rings. The zero-order chi connectivity index (χ0) is 20.8. The Labute approximate surface area is 158 Å². The fourth-order valence-electron chi connectivity index (χ4n) is 2.50. The Morgan fingerprint density at radius 3 is 2.30 bits per heavy atom. The van der Waals surface area contributed by atoms with Crippen LogP contribution in [0.25, 0.3) is 0 Å². The third-order valence-electron chi connectivity index (χ3n) is 3.99. The molecule has 1 fully saturated rings. The van der Waals surface area contributed by atoms with Crippen LogP contribution in [0.1, 0.15) is 0 Å². The molecule has 27 heavy (non-hydrogen) atoms. The van der Waals surface area contributed by atoms with Crippen molar-refractivity contribution in [3.8, 4) is 0 Å². The summed E-state index contributed by atoms with van der Waals surface area (Å²) in [6.07, 6.45) is -6.30. The number of aliphatic hydroxyl groups excluding tert-OH is 1. The van der Waals surface area contributed by atoms with Crippen LogP contribution in [-0.4, -0.2) is 113 Å². The van der Waals surface area contributed by atoms with E-state index in [0.717, 1.165) is 0 Å². The Balaban J connectivity index is 2.57. The molecule has 0 aromatic heterocycles. The van der Waals surface area contributed by atoms with Gasteiger partial charge in [-0.2, -0.15) is 0 Å². The average molecular weight is 415 g/mol. The number of carboxylic acids is 1. The highest BCUT2D eigenvalue weighted by molar-refractivity contribution is 7.51. The molecule has 11 nitrogen and oxygen atoms in total. The van der Waals surface area contributed by atoms with E-state index in [4.69, 9.17) is 28.6 Å². The molecule has 1 rings (SSSR count). The maximum atomic E-state index is 11.9. The Hall–Kier alpha value is -0.620. The van der Waals surface area contributed by atoms with Gasteiger partial charge in [-0.25, -0.2) is 4.79 Å². The van der Waals surface area contributed by atoms with Crippen molar-refractivity contribution >= 4 is 13.6 Å². The predicted molar refractivity (Wildman–Crippen MR) is 91.2 cm³/mol. The van der Waals surface area contributed by atoms with Crippen LogP contribution in [0.15, 0.2) is 0 Å². The van der Waals surface area contributed by atoms with Gasteiger partial charge < -0.3 is 47.6 Å². The van der Waals surface area contributed by atoms with E-state index in [-0.39, 0.29) is 19.4 Å². The number of hydrogen-bond donors (Lipinski definition) is 2. The molecule has 0 bridgehead atoms. The number of carboxylic acid groups (broad SMARTS) is 1. The molecule has 1 saturated heterocycles. The average Bonchev–Trinajstić information content (AvgIpc) is 2.56. The van der Waals surface area contributed by atoms with E-state index in [1.54, 1.807) is 0 Å². The molecule has 3 unspecified atom stereocenters. The highest BCUT2D eigenvalue weighted by Gasteiger charge is 2.49. The van der Waals surface area contributed by atoms with E-state index in [2.05, 4.69) is 0 Å². The monoisotopic (exact) mass is 415 g/mol. The third kappa shape index (κ3) is 7.72. The molecular formula is C15H30NO10P. The first kappa shape index (κ1) is 24.4. The molecule has 6 atom stereocenters. The van der Waals surface area contributed by atoms with Crippen LogP contribution in [0.3, 0.4) is 0 Å². The molecule has 12 heteroatoms. The molecule has 0 aliphatic carbocycles. The lowest BCUT2D eigenvalue weighted by atomic mass is 9.98. The van der Waals surface area contributed by atoms with Crippen LogP contribution in [0.2, 0.25) is 0 Å². The summed E-state index contributed by atoms with van der Waals surface area (Å²) in [4.78, 5) is 23.1. The van der Waals surface area contributed by atoms with Crippen molar-refractivity contribution in [3.63, 3.8) is 0 Å². The summed E-state index contributed by atoms with van der Waals surface area (Å²) in [5, 5.41) is 19.5. The van der Waals surface area contributed by atoms with Crippen molar-refractivity contribution in [2.45, 2.75) is 30.7 Å². The highest BCUT2D eigenvalue weighted by atomic mass is 31.2. The number of rotatable bonds is 11. The molecule has 0 saturated carbocycles. The van der Waals surface area contributed by atoms with Gasteiger partial charge in [-0.15, -0.1) is 0 Å². The van der Waals surface area contributed by atoms with Gasteiger partial charge in [0.1, 0.15) is 25.9 Å². The van der Waals surface area contributed by atoms with Crippen LogP contribution in [0, 0.1) is 0 Å². The van der Waals surface area contributed by atoms with Crippen molar-refractivity contribution in [3.05, 3.63) is 0 Å². The molecule has 1 heterocycles. The first-order valence-electron chi connectivity index (χ1n) is 8.40. The van der Waals surface area contributed by atoms with Crippen molar-refractivity contribution in [1.82, 2.24) is 0 Å². The number of aliphatic carboxylic acids is 1. The van der Waals surface area contributed by atoms with E-state index in [1.807, 2.05) is 21.1 Å². The smallest absolute Gasteiger partial charge is 0.335 e. The third-order valence-corrected chi connectivity index (χ3v) is 5.32. The normalized spacial score (nSPS) is 31.4. The minimum Gasteiger partial charge on any atom is -0.778 e. The molecule has 160 valence electrons. The minimum absolute atomic E-state index is 0.113. The maximum absolute atomic E-state index is 11.9. The highest BCUT2D eigenvalue weighted by Crippen LogP contribution is 2.36. The summed E-state index contributed by atoms with van der Waals surface area (Å²) in [6, 6.07) is 0. The number of hydrogen-bond acceptors (Lipinski definition) is 9. The number of carbonyl (C=O) groups is 1. The standard InChI is InChI=1S/C15H30NO10P/c1-16(2,3)6-9-27(20,21)25-8-7-24-12-10(17)11(22-4)13(14(18)19)26-15(12)23-5/h10-13,15,17H,6-9H2,1-5H3,(H-,18,19,20,21)/t10-,11-,12+,13?,15?/m0/s1. The zero-order valence-electron chi connectivity index (χ0n) is 16.3. The second-order valence-corrected chi connectivity index (χ2v) is 9.13. The van der Waals surface area contributed by atoms with Crippen molar-refractivity contribution in [2.24, 2.45) is 0 Å². The lowest BCUT2D eigenvalue weighted by molar-refractivity contribution is -0.868. The first-order valence-corrected chi connectivity index (χ1v) is 10.1. The number of ether oxygens (including phenoxy) is 4. The van der Waals surface area contributed by atoms with Gasteiger partial charge in [0.2, 0.25) is 0 Å². The summed E-state index contributed by atoms with van der Waals surface area (Å²) >= 11 is 0. The summed E-state index contributed by atoms with van der Waals surface area (Å²) in [6.45, 7) is -0.0258. The molecule has 2 N–H and O–H groups in total. The van der Waals surface area contributed by atoms with Gasteiger partial charge in [-0.05, 0) is 0 Å². The fraction of sp³-hybridized carbons (Fsp3) is 0.933. The zero-order valence-corrected chi connectivity index (χ0v) is 17.2. The summed E-state index contributed by atoms with van der Waals surface area (Å²) in [5.41, 5.74) is 0. The van der Waals surface area contributed by atoms with Gasteiger partial charge >= 0.3 is 5.97 Å². The second kappa shape index (κ2) is 10.2. The van der Waals surface area contributed by atoms with Gasteiger partial charge in [0.15, 0.2) is 12.4 Å². The Morgan fingerprint density at radius 2 is 1.81 bits per heavy atom. The van der Waals surface area contributed by atoms with Gasteiger partial charge in [-0.3, -0.25) is 0 Å². The molecule has 1 aliphatic rings. The first-order chi connectivity index (χ1) is 12.4. The molecule has 0 aromatic carbocycles. The summed E-state index contributed by atoms with van der Waals surface area (Å²) < 4.78 is 38.0. The van der Waals surface area contributed by atoms with Crippen molar-refractivity contribution < 1.29 is 52.4 Å². The maximum Gasteiger partial charge on any atom is 0.335 e. The van der Waals surface area contributed by atoms with E-state index in [9.17, 15) is 19.4 Å². The quantitative estimate of drug-likeness (QED) is 0.232. The number of aliphatic hydroxyl groups is 1. The molecular weight excluding hydrogens is 385 g/mol. The van der Waals surface area contributed by atoms with E-state index >= 15 is 0 Å².